The van der Waals surface area contributed by atoms with Crippen LogP contribution in [0.15, 0.2) is 82.4 Å². The molecule has 2 heterocycles. The van der Waals surface area contributed by atoms with Crippen molar-refractivity contribution in [3.8, 4) is 34.0 Å². The quantitative estimate of drug-likeness (QED) is 0.218. The Kier molecular flexibility index (Phi) is 8.26. The molecule has 0 aliphatic rings. The van der Waals surface area contributed by atoms with Crippen LogP contribution < -0.4 is 20.9 Å². The Hall–Kier alpha value is -5.04. The van der Waals surface area contributed by atoms with Crippen molar-refractivity contribution in [2.45, 2.75) is 19.7 Å². The van der Waals surface area contributed by atoms with Gasteiger partial charge in [-0.2, -0.15) is 4.74 Å². The Morgan fingerprint density at radius 1 is 1.05 bits per heavy atom. The number of urea groups is 1. The summed E-state index contributed by atoms with van der Waals surface area (Å²) < 4.78 is 49.0. The maximum atomic E-state index is 12.7. The topological polar surface area (TPSA) is 116 Å². The minimum Gasteiger partial charge on any atom is -0.406 e. The zero-order chi connectivity index (χ0) is 30.7. The lowest BCUT2D eigenvalue weighted by Crippen LogP contribution is -2.30. The Bertz CT molecular complexity index is 1790. The first kappa shape index (κ1) is 29.5. The number of halogens is 4. The highest BCUT2D eigenvalue weighted by molar-refractivity contribution is 6.33. The van der Waals surface area contributed by atoms with Crippen molar-refractivity contribution in [2.24, 2.45) is 7.05 Å². The van der Waals surface area contributed by atoms with Crippen molar-refractivity contribution in [1.29, 1.82) is 0 Å². The van der Waals surface area contributed by atoms with Gasteiger partial charge in [0.05, 0.1) is 5.69 Å². The van der Waals surface area contributed by atoms with E-state index in [2.05, 4.69) is 25.5 Å². The molecule has 0 spiro atoms. The molecule has 5 aromatic rings. The van der Waals surface area contributed by atoms with E-state index >= 15 is 0 Å². The summed E-state index contributed by atoms with van der Waals surface area (Å²) in [5, 5.41) is 10.1. The summed E-state index contributed by atoms with van der Waals surface area (Å²) in [6, 6.07) is 17.3. The Labute approximate surface area is 247 Å². The third-order valence-electron chi connectivity index (χ3n) is 6.39. The van der Waals surface area contributed by atoms with E-state index < -0.39 is 18.0 Å². The van der Waals surface area contributed by atoms with Crippen LogP contribution >= 0.6 is 11.6 Å². The van der Waals surface area contributed by atoms with E-state index in [0.717, 1.165) is 21.4 Å². The van der Waals surface area contributed by atoms with Crippen LogP contribution in [-0.4, -0.2) is 38.4 Å². The summed E-state index contributed by atoms with van der Waals surface area (Å²) in [5.74, 6) is 0.0828. The zero-order valence-electron chi connectivity index (χ0n) is 22.8. The molecular formula is C29H24ClF3N6O4. The average molecular weight is 613 g/mol. The number of nitrogens with one attached hydrogen (secondary N) is 2. The molecule has 5 rings (SSSR count). The Morgan fingerprint density at radius 3 is 2.44 bits per heavy atom. The van der Waals surface area contributed by atoms with Crippen molar-refractivity contribution in [3.05, 3.63) is 99.6 Å². The first-order chi connectivity index (χ1) is 20.5. The summed E-state index contributed by atoms with van der Waals surface area (Å²) in [6.07, 6.45) is -2.80. The molecular weight excluding hydrogens is 589 g/mol. The van der Waals surface area contributed by atoms with Gasteiger partial charge in [0, 0.05) is 29.7 Å². The van der Waals surface area contributed by atoms with Crippen molar-refractivity contribution < 1.29 is 27.2 Å². The lowest BCUT2D eigenvalue weighted by atomic mass is 10.0. The molecule has 14 heteroatoms. The number of aryl methyl sites for hydroxylation is 2. The number of alkyl halides is 3. The number of hydrogen-bond acceptors (Lipinski definition) is 6. The van der Waals surface area contributed by atoms with E-state index in [-0.39, 0.29) is 17.2 Å². The molecule has 0 atom stereocenters. The number of nitrogens with zero attached hydrogens (tertiary/aromatic N) is 4. The highest BCUT2D eigenvalue weighted by atomic mass is 35.5. The van der Waals surface area contributed by atoms with E-state index in [9.17, 15) is 22.8 Å². The second-order valence-corrected chi connectivity index (χ2v) is 9.82. The number of carbonyl (C=O) groups is 1. The predicted octanol–water partition coefficient (Wildman–Crippen LogP) is 6.12. The van der Waals surface area contributed by atoms with E-state index in [1.54, 1.807) is 12.1 Å². The molecule has 0 unspecified atom stereocenters. The second kappa shape index (κ2) is 12.1. The molecule has 0 aliphatic heterocycles. The molecule has 0 saturated carbocycles. The minimum atomic E-state index is -4.77. The fraction of sp³-hybridized carbons (Fsp3) is 0.172. The van der Waals surface area contributed by atoms with Gasteiger partial charge in [0.15, 0.2) is 5.82 Å². The first-order valence-electron chi connectivity index (χ1n) is 12.9. The largest absolute Gasteiger partial charge is 0.573 e. The number of benzene rings is 3. The van der Waals surface area contributed by atoms with Gasteiger partial charge in [0.1, 0.15) is 17.6 Å². The summed E-state index contributed by atoms with van der Waals surface area (Å²) in [5.41, 5.74) is 3.15. The number of anilines is 1. The molecule has 43 heavy (non-hydrogen) atoms. The van der Waals surface area contributed by atoms with E-state index in [1.807, 2.05) is 37.3 Å². The van der Waals surface area contributed by atoms with Gasteiger partial charge < -0.3 is 14.6 Å². The second-order valence-electron chi connectivity index (χ2n) is 9.41. The Balaban J connectivity index is 1.17. The molecule has 222 valence electrons. The van der Waals surface area contributed by atoms with Crippen molar-refractivity contribution in [1.82, 2.24) is 24.8 Å². The van der Waals surface area contributed by atoms with Gasteiger partial charge in [-0.15, -0.1) is 18.3 Å². The van der Waals surface area contributed by atoms with Crippen LogP contribution in [0.5, 0.6) is 5.75 Å². The normalized spacial score (nSPS) is 11.4. The molecule has 0 saturated heterocycles. The number of rotatable bonds is 8. The Morgan fingerprint density at radius 2 is 1.77 bits per heavy atom. The zero-order valence-corrected chi connectivity index (χ0v) is 23.5. The van der Waals surface area contributed by atoms with Gasteiger partial charge >= 0.3 is 12.4 Å². The molecule has 3 aromatic carbocycles. The third-order valence-corrected chi connectivity index (χ3v) is 6.71. The van der Waals surface area contributed by atoms with Crippen LogP contribution in [0.3, 0.4) is 0 Å². The lowest BCUT2D eigenvalue weighted by Gasteiger charge is -2.09. The van der Waals surface area contributed by atoms with Gasteiger partial charge in [-0.25, -0.2) is 14.5 Å². The lowest BCUT2D eigenvalue weighted by molar-refractivity contribution is -0.274. The average Bonchev–Trinajstić information content (AvgIpc) is 3.54. The van der Waals surface area contributed by atoms with Crippen LogP contribution in [0.4, 0.5) is 23.8 Å². The predicted molar refractivity (Wildman–Crippen MR) is 153 cm³/mol. The van der Waals surface area contributed by atoms with Crippen LogP contribution in [0.2, 0.25) is 5.02 Å². The highest BCUT2D eigenvalue weighted by Gasteiger charge is 2.31. The molecule has 2 aromatic heterocycles. The van der Waals surface area contributed by atoms with E-state index in [4.69, 9.17) is 16.1 Å². The molecule has 0 fully saturated rings. The van der Waals surface area contributed by atoms with Gasteiger partial charge in [-0.1, -0.05) is 48.0 Å². The van der Waals surface area contributed by atoms with Crippen molar-refractivity contribution in [2.75, 3.05) is 11.9 Å². The summed E-state index contributed by atoms with van der Waals surface area (Å²) in [4.78, 5) is 29.6. The maximum Gasteiger partial charge on any atom is 0.573 e. The number of ether oxygens (including phenoxy) is 1. The van der Waals surface area contributed by atoms with E-state index in [0.29, 0.717) is 35.1 Å². The number of aromatic nitrogens is 4. The van der Waals surface area contributed by atoms with Crippen LogP contribution in [0.1, 0.15) is 11.1 Å². The summed E-state index contributed by atoms with van der Waals surface area (Å²) in [7, 11) is 1.44. The standard InChI is InChI=1S/C29H24ClF3N6O4/c1-17-4-3-5-22(30)23(17)24-26(43-38(2)27(24)40)36-28(41)34-15-14-18-6-8-19(9-7-18)25-35-16-39(37-25)20-10-12-21(13-11-20)42-29(31,32)33/h3-13,16H,14-15H2,1-2H3,(H2,34,36,41). The van der Waals surface area contributed by atoms with Gasteiger partial charge in [0.25, 0.3) is 5.56 Å². The summed E-state index contributed by atoms with van der Waals surface area (Å²) in [6.45, 7) is 2.10. The van der Waals surface area contributed by atoms with Gasteiger partial charge in [-0.3, -0.25) is 10.1 Å². The van der Waals surface area contributed by atoms with Crippen molar-refractivity contribution >= 4 is 23.5 Å². The SMILES string of the molecule is Cc1cccc(Cl)c1-c1c(NC(=O)NCCc2ccc(-c3ncn(-c4ccc(OC(F)(F)F)cc4)n3)cc2)on(C)c1=O. The van der Waals surface area contributed by atoms with E-state index in [1.165, 1.54) is 42.3 Å². The minimum absolute atomic E-state index is 0.0110. The number of carbonyl (C=O) groups excluding carboxylic acids is 1. The third kappa shape index (κ3) is 6.89. The number of amides is 2. The van der Waals surface area contributed by atoms with Crippen LogP contribution in [0.25, 0.3) is 28.2 Å². The first-order valence-corrected chi connectivity index (χ1v) is 13.2. The molecule has 2 amide bonds. The van der Waals surface area contributed by atoms with Crippen LogP contribution in [0, 0.1) is 6.92 Å². The molecule has 2 N–H and O–H groups in total. The number of hydrogen-bond donors (Lipinski definition) is 2. The molecule has 0 aliphatic carbocycles. The smallest absolute Gasteiger partial charge is 0.406 e. The maximum absolute atomic E-state index is 12.7. The van der Waals surface area contributed by atoms with Gasteiger partial charge in [-0.05, 0) is 54.8 Å². The molecule has 0 bridgehead atoms. The van der Waals surface area contributed by atoms with Crippen molar-refractivity contribution in [3.63, 3.8) is 0 Å². The fourth-order valence-electron chi connectivity index (χ4n) is 4.34. The van der Waals surface area contributed by atoms with Crippen LogP contribution in [-0.2, 0) is 13.5 Å². The van der Waals surface area contributed by atoms with Gasteiger partial charge in [0.2, 0.25) is 5.88 Å². The molecule has 0 radical (unpaired) electrons. The monoisotopic (exact) mass is 612 g/mol. The highest BCUT2D eigenvalue weighted by Crippen LogP contribution is 2.34. The molecule has 10 nitrogen and oxygen atoms in total. The fourth-order valence-corrected chi connectivity index (χ4v) is 4.66. The summed E-state index contributed by atoms with van der Waals surface area (Å²) >= 11 is 6.34.